The summed E-state index contributed by atoms with van der Waals surface area (Å²) < 4.78 is 0. The second-order valence-corrected chi connectivity index (χ2v) is 6.81. The van der Waals surface area contributed by atoms with Gasteiger partial charge in [0.25, 0.3) is 0 Å². The molecule has 0 saturated heterocycles. The topological polar surface area (TPSA) is 0 Å². The summed E-state index contributed by atoms with van der Waals surface area (Å²) in [4.78, 5) is 0. The summed E-state index contributed by atoms with van der Waals surface area (Å²) in [5, 5.41) is 0. The number of rotatable bonds is 3. The van der Waals surface area contributed by atoms with Crippen LogP contribution in [0.4, 0.5) is 0 Å². The van der Waals surface area contributed by atoms with Gasteiger partial charge >= 0.3 is 0 Å². The average molecular weight is 268 g/mol. The van der Waals surface area contributed by atoms with Gasteiger partial charge in [-0.25, -0.2) is 0 Å². The highest BCUT2D eigenvalue weighted by atomic mass is 14.4. The van der Waals surface area contributed by atoms with Crippen LogP contribution in [0.1, 0.15) is 51.7 Å². The third-order valence-corrected chi connectivity index (χ3v) is 5.01. The van der Waals surface area contributed by atoms with Crippen LogP contribution in [0.15, 0.2) is 48.1 Å². The molecule has 0 radical (unpaired) electrons. The van der Waals surface area contributed by atoms with Gasteiger partial charge in [0.1, 0.15) is 0 Å². The molecule has 0 heterocycles. The van der Waals surface area contributed by atoms with Crippen molar-refractivity contribution in [3.8, 4) is 0 Å². The molecule has 0 spiro atoms. The molecule has 0 bridgehead atoms. The Morgan fingerprint density at radius 2 is 1.75 bits per heavy atom. The molecule has 0 fully saturated rings. The van der Waals surface area contributed by atoms with Crippen LogP contribution in [0.25, 0.3) is 0 Å². The monoisotopic (exact) mass is 268 g/mol. The Morgan fingerprint density at radius 1 is 1.10 bits per heavy atom. The van der Waals surface area contributed by atoms with Gasteiger partial charge in [-0.05, 0) is 49.5 Å². The Labute approximate surface area is 124 Å². The van der Waals surface area contributed by atoms with Crippen molar-refractivity contribution in [1.82, 2.24) is 0 Å². The fraction of sp³-hybridized carbons (Fsp3) is 0.500. The molecule has 0 aliphatic heterocycles. The highest BCUT2D eigenvalue weighted by molar-refractivity contribution is 5.30. The van der Waals surface area contributed by atoms with E-state index in [4.69, 9.17) is 0 Å². The van der Waals surface area contributed by atoms with E-state index in [1.807, 2.05) is 0 Å². The van der Waals surface area contributed by atoms with Crippen molar-refractivity contribution in [2.45, 2.75) is 52.9 Å². The predicted molar refractivity (Wildman–Crippen MR) is 89.0 cm³/mol. The minimum absolute atomic E-state index is 0.208. The van der Waals surface area contributed by atoms with E-state index in [0.717, 1.165) is 0 Å². The number of allylic oxidation sites excluding steroid dienone is 4. The summed E-state index contributed by atoms with van der Waals surface area (Å²) in [5.74, 6) is 1.34. The zero-order chi connectivity index (χ0) is 14.8. The van der Waals surface area contributed by atoms with Gasteiger partial charge in [0, 0.05) is 0 Å². The summed E-state index contributed by atoms with van der Waals surface area (Å²) in [7, 11) is 0. The van der Waals surface area contributed by atoms with Crippen LogP contribution < -0.4 is 0 Å². The zero-order valence-electron chi connectivity index (χ0n) is 13.6. The van der Waals surface area contributed by atoms with Crippen LogP contribution in [0, 0.1) is 18.8 Å². The second kappa shape index (κ2) is 5.99. The molecule has 2 unspecified atom stereocenters. The Kier molecular flexibility index (Phi) is 4.52. The summed E-state index contributed by atoms with van der Waals surface area (Å²) >= 11 is 0. The molecule has 1 aliphatic rings. The lowest BCUT2D eigenvalue weighted by Crippen LogP contribution is -2.33. The van der Waals surface area contributed by atoms with E-state index in [1.165, 1.54) is 29.5 Å². The van der Waals surface area contributed by atoms with Crippen molar-refractivity contribution in [1.29, 1.82) is 0 Å². The van der Waals surface area contributed by atoms with Gasteiger partial charge in [0.05, 0.1) is 0 Å². The zero-order valence-corrected chi connectivity index (χ0v) is 13.6. The van der Waals surface area contributed by atoms with Crippen LogP contribution >= 0.6 is 0 Å². The third kappa shape index (κ3) is 3.06. The first kappa shape index (κ1) is 15.1. The van der Waals surface area contributed by atoms with Crippen molar-refractivity contribution in [3.63, 3.8) is 0 Å². The lowest BCUT2D eigenvalue weighted by atomic mass is 9.66. The van der Waals surface area contributed by atoms with Crippen molar-refractivity contribution in [3.05, 3.63) is 59.2 Å². The first-order valence-electron chi connectivity index (χ1n) is 7.87. The van der Waals surface area contributed by atoms with Gasteiger partial charge in [0.2, 0.25) is 0 Å². The summed E-state index contributed by atoms with van der Waals surface area (Å²) in [6, 6.07) is 9.11. The Bertz CT molecular complexity index is 499. The Balaban J connectivity index is 2.35. The fourth-order valence-corrected chi connectivity index (χ4v) is 3.41. The maximum Gasteiger partial charge on any atom is -0.00667 e. The van der Waals surface area contributed by atoms with E-state index >= 15 is 0 Å². The molecular formula is C20H28. The molecular weight excluding hydrogens is 240 g/mol. The van der Waals surface area contributed by atoms with Crippen molar-refractivity contribution < 1.29 is 0 Å². The van der Waals surface area contributed by atoms with Crippen LogP contribution in [0.5, 0.6) is 0 Å². The fourth-order valence-electron chi connectivity index (χ4n) is 3.41. The predicted octanol–water partition coefficient (Wildman–Crippen LogP) is 5.82. The molecule has 1 aliphatic carbocycles. The average Bonchev–Trinajstić information content (AvgIpc) is 2.61. The van der Waals surface area contributed by atoms with E-state index in [0.29, 0.717) is 11.8 Å². The molecule has 0 N–H and O–H groups in total. The molecule has 0 saturated carbocycles. The molecule has 0 heteroatoms. The van der Waals surface area contributed by atoms with E-state index < -0.39 is 0 Å². The molecule has 20 heavy (non-hydrogen) atoms. The first-order valence-corrected chi connectivity index (χ1v) is 7.87. The van der Waals surface area contributed by atoms with Gasteiger partial charge in [-0.3, -0.25) is 0 Å². The summed E-state index contributed by atoms with van der Waals surface area (Å²) in [6.07, 6.45) is 9.54. The van der Waals surface area contributed by atoms with Crippen molar-refractivity contribution in [2.75, 3.05) is 0 Å². The maximum absolute atomic E-state index is 2.43. The minimum Gasteiger partial charge on any atom is -0.0813 e. The molecule has 1 aromatic rings. The van der Waals surface area contributed by atoms with Gasteiger partial charge < -0.3 is 0 Å². The van der Waals surface area contributed by atoms with Crippen LogP contribution in [-0.2, 0) is 5.41 Å². The number of hydrogen-bond donors (Lipinski definition) is 0. The third-order valence-electron chi connectivity index (χ3n) is 5.01. The quantitative estimate of drug-likeness (QED) is 0.648. The lowest BCUT2D eigenvalue weighted by molar-refractivity contribution is 0.245. The SMILES string of the molecule is CCC1C=CC(C)=CCC1C(C)(C)c1ccc(C)cc1. The lowest BCUT2D eigenvalue weighted by Gasteiger charge is -2.38. The molecule has 0 amide bonds. The van der Waals surface area contributed by atoms with Crippen LogP contribution in [-0.4, -0.2) is 0 Å². The smallest absolute Gasteiger partial charge is 0.00667 e. The highest BCUT2D eigenvalue weighted by Gasteiger charge is 2.35. The van der Waals surface area contributed by atoms with Gasteiger partial charge in [0.15, 0.2) is 0 Å². The number of benzene rings is 1. The molecule has 1 aromatic carbocycles. The van der Waals surface area contributed by atoms with Crippen LogP contribution in [0.2, 0.25) is 0 Å². The van der Waals surface area contributed by atoms with Gasteiger partial charge in [-0.1, -0.05) is 74.4 Å². The summed E-state index contributed by atoms with van der Waals surface area (Å²) in [6.45, 7) is 11.5. The molecule has 2 rings (SSSR count). The molecule has 0 nitrogen and oxygen atoms in total. The van der Waals surface area contributed by atoms with Crippen molar-refractivity contribution >= 4 is 0 Å². The standard InChI is InChI=1S/C20H28/c1-6-17-11-7-15(2)10-14-19(17)20(4,5)18-12-8-16(3)9-13-18/h7-13,17,19H,6,14H2,1-5H3. The van der Waals surface area contributed by atoms with Crippen LogP contribution in [0.3, 0.4) is 0 Å². The maximum atomic E-state index is 2.43. The largest absolute Gasteiger partial charge is 0.0813 e. The van der Waals surface area contributed by atoms with Gasteiger partial charge in [-0.2, -0.15) is 0 Å². The first-order chi connectivity index (χ1) is 9.45. The van der Waals surface area contributed by atoms with E-state index in [2.05, 4.69) is 77.1 Å². The van der Waals surface area contributed by atoms with Gasteiger partial charge in [-0.15, -0.1) is 0 Å². The Morgan fingerprint density at radius 3 is 2.35 bits per heavy atom. The summed E-state index contributed by atoms with van der Waals surface area (Å²) in [5.41, 5.74) is 4.42. The second-order valence-electron chi connectivity index (χ2n) is 6.81. The normalized spacial score (nSPS) is 23.4. The molecule has 108 valence electrons. The minimum atomic E-state index is 0.208. The number of hydrogen-bond acceptors (Lipinski definition) is 0. The molecule has 2 atom stereocenters. The highest BCUT2D eigenvalue weighted by Crippen LogP contribution is 2.42. The van der Waals surface area contributed by atoms with E-state index in [9.17, 15) is 0 Å². The molecule has 0 aromatic heterocycles. The Hall–Kier alpha value is -1.30. The van der Waals surface area contributed by atoms with E-state index in [-0.39, 0.29) is 5.41 Å². The van der Waals surface area contributed by atoms with E-state index in [1.54, 1.807) is 0 Å². The van der Waals surface area contributed by atoms with Crippen molar-refractivity contribution in [2.24, 2.45) is 11.8 Å². The number of aryl methyl sites for hydroxylation is 1.